The van der Waals surface area contributed by atoms with Crippen molar-refractivity contribution < 1.29 is 49.7 Å². The van der Waals surface area contributed by atoms with Crippen LogP contribution in [0, 0.1) is 22.7 Å². The second-order valence-corrected chi connectivity index (χ2v) is 19.5. The predicted octanol–water partition coefficient (Wildman–Crippen LogP) is 3.91. The first-order valence-electron chi connectivity index (χ1n) is 20.0. The van der Waals surface area contributed by atoms with Gasteiger partial charge in [-0.2, -0.15) is 0 Å². The Morgan fingerprint density at radius 1 is 1.02 bits per heavy atom. The van der Waals surface area contributed by atoms with Crippen LogP contribution in [0.5, 0.6) is 5.75 Å². The number of ether oxygens (including phenoxy) is 2. The number of ketones is 2. The minimum Gasteiger partial charge on any atom is -0.511 e. The zero-order valence-corrected chi connectivity index (χ0v) is 33.2. The third kappa shape index (κ3) is 5.59. The van der Waals surface area contributed by atoms with E-state index in [1.807, 2.05) is 24.3 Å². The highest BCUT2D eigenvalue weighted by atomic mass is 33.1. The number of carbonyl (C=O) groups is 2. The van der Waals surface area contributed by atoms with Gasteiger partial charge in [0.15, 0.2) is 11.6 Å². The van der Waals surface area contributed by atoms with Crippen LogP contribution in [0.15, 0.2) is 101 Å². The molecule has 0 radical (unpaired) electrons. The summed E-state index contributed by atoms with van der Waals surface area (Å²) < 4.78 is 12.4. The quantitative estimate of drug-likeness (QED) is 0.207. The average molecular weight is 827 g/mol. The van der Waals surface area contributed by atoms with Gasteiger partial charge in [0.2, 0.25) is 6.29 Å². The summed E-state index contributed by atoms with van der Waals surface area (Å²) in [5.41, 5.74) is 0.928. The highest BCUT2D eigenvalue weighted by Gasteiger charge is 2.63. The van der Waals surface area contributed by atoms with Crippen LogP contribution in [0.2, 0.25) is 0 Å². The Balaban J connectivity index is 1.11. The van der Waals surface area contributed by atoms with Crippen molar-refractivity contribution in [1.82, 2.24) is 10.6 Å². The van der Waals surface area contributed by atoms with Crippen molar-refractivity contribution in [2.24, 2.45) is 22.7 Å². The largest absolute Gasteiger partial charge is 0.511 e. The molecule has 0 aromatic heterocycles. The number of hydrogen-bond acceptors (Lipinski definition) is 14. The molecule has 6 heterocycles. The zero-order valence-electron chi connectivity index (χ0n) is 31.6. The minimum absolute atomic E-state index is 0.0170. The van der Waals surface area contributed by atoms with Crippen molar-refractivity contribution in [3.63, 3.8) is 0 Å². The van der Waals surface area contributed by atoms with E-state index in [1.165, 1.54) is 16.9 Å². The Kier molecular flexibility index (Phi) is 9.34. The van der Waals surface area contributed by atoms with Gasteiger partial charge in [-0.3, -0.25) is 9.59 Å². The van der Waals surface area contributed by atoms with E-state index in [0.29, 0.717) is 31.4 Å². The molecular weight excluding hydrogens is 781 g/mol. The molecule has 304 valence electrons. The number of dihydropyridines is 1. The van der Waals surface area contributed by atoms with E-state index in [1.54, 1.807) is 35.1 Å². The lowest BCUT2D eigenvalue weighted by atomic mass is 9.57. The molecule has 2 aromatic rings. The van der Waals surface area contributed by atoms with Crippen molar-refractivity contribution in [1.29, 1.82) is 0 Å². The molecule has 2 spiro atoms. The minimum atomic E-state index is -2.22. The molecule has 2 aromatic carbocycles. The Morgan fingerprint density at radius 3 is 2.67 bits per heavy atom. The van der Waals surface area contributed by atoms with Gasteiger partial charge in [-0.05, 0) is 71.6 Å². The highest BCUT2D eigenvalue weighted by molar-refractivity contribution is 8.76. The van der Waals surface area contributed by atoms with Crippen molar-refractivity contribution in [3.05, 3.63) is 123 Å². The number of Topliss-reactive ketones (excluding diaryl/α,β-unsaturated/α-hetero) is 2. The van der Waals surface area contributed by atoms with E-state index in [-0.39, 0.29) is 52.7 Å². The molecular formula is C44H46N2O10S2. The van der Waals surface area contributed by atoms with E-state index in [2.05, 4.69) is 22.8 Å². The van der Waals surface area contributed by atoms with Crippen LogP contribution >= 0.6 is 21.6 Å². The van der Waals surface area contributed by atoms with Crippen LogP contribution in [0.3, 0.4) is 0 Å². The van der Waals surface area contributed by atoms with Gasteiger partial charge >= 0.3 is 0 Å². The first kappa shape index (κ1) is 38.3. The molecule has 58 heavy (non-hydrogen) atoms. The van der Waals surface area contributed by atoms with E-state index < -0.39 is 65.1 Å². The van der Waals surface area contributed by atoms with Gasteiger partial charge < -0.3 is 50.7 Å². The third-order valence-corrected chi connectivity index (χ3v) is 16.5. The number of nitrogens with one attached hydrogen (secondary N) is 2. The van der Waals surface area contributed by atoms with Gasteiger partial charge in [0.1, 0.15) is 46.7 Å². The van der Waals surface area contributed by atoms with Crippen molar-refractivity contribution in [3.8, 4) is 5.75 Å². The number of allylic oxidation sites excluding steroid dienone is 7. The van der Waals surface area contributed by atoms with Crippen molar-refractivity contribution >= 4 is 33.2 Å². The molecule has 12 nitrogen and oxygen atoms in total. The van der Waals surface area contributed by atoms with Crippen LogP contribution in [0.1, 0.15) is 63.9 Å². The summed E-state index contributed by atoms with van der Waals surface area (Å²) in [5.74, 6) is -1.42. The molecule has 1 saturated carbocycles. The fourth-order valence-electron chi connectivity index (χ4n) is 11.1. The number of aliphatic hydroxyl groups is 6. The van der Waals surface area contributed by atoms with E-state index >= 15 is 4.79 Å². The molecule has 4 aliphatic carbocycles. The van der Waals surface area contributed by atoms with Crippen LogP contribution in [0.4, 0.5) is 0 Å². The molecule has 2 fully saturated rings. The highest BCUT2D eigenvalue weighted by Crippen LogP contribution is 2.63. The third-order valence-electron chi connectivity index (χ3n) is 13.8. The maximum absolute atomic E-state index is 15.3. The Morgan fingerprint density at radius 2 is 1.84 bits per heavy atom. The average Bonchev–Trinajstić information content (AvgIpc) is 3.63. The normalized spacial score (nSPS) is 37.5. The lowest BCUT2D eigenvalue weighted by Crippen LogP contribution is -2.69. The molecule has 10 bridgehead atoms. The molecule has 1 saturated heterocycles. The number of hydrogen-bond donors (Lipinski definition) is 8. The molecule has 0 amide bonds. The van der Waals surface area contributed by atoms with E-state index in [9.17, 15) is 35.4 Å². The van der Waals surface area contributed by atoms with Gasteiger partial charge in [0, 0.05) is 35.3 Å². The smallest absolute Gasteiger partial charge is 0.229 e. The summed E-state index contributed by atoms with van der Waals surface area (Å²) in [7, 11) is 2.97. The Hall–Kier alpha value is -3.86. The first-order chi connectivity index (χ1) is 28.0. The summed E-state index contributed by atoms with van der Waals surface area (Å²) in [4.78, 5) is 30.1. The lowest BCUT2D eigenvalue weighted by molar-refractivity contribution is -0.320. The van der Waals surface area contributed by atoms with E-state index in [4.69, 9.17) is 9.47 Å². The first-order valence-corrected chi connectivity index (χ1v) is 22.4. The summed E-state index contributed by atoms with van der Waals surface area (Å²) in [6.07, 6.45) is 4.68. The lowest BCUT2D eigenvalue weighted by Gasteiger charge is -2.54. The fourth-order valence-corrected chi connectivity index (χ4v) is 14.0. The zero-order chi connectivity index (χ0) is 40.1. The molecule has 6 aliphatic heterocycles. The molecule has 0 unspecified atom stereocenters. The standard InChI is InChI=1S/C44H46N2O10S2/c47-18-23-5-1-4-22(12-23)13-24-14-29-36(50)27-7-2-8-30-35(27)38(52)43(29,32(49)15-24)21-57-58-33-17-25-16-26-6-3-10-42(26,28-9-11-45-40(46-33)34(25)28)20-44(54)37(51)31(19-48)56-41(55-30)39(44)53/h1-2,4-5,7-9,12,14-16,26,29,31,33,37,39,41,45-49,51,53-54H,3,6,10-11,13,17-21H2/t26-,29-,31-,33-,37-,39+,41-,42+,43+,44+/m1/s1. The van der Waals surface area contributed by atoms with Crippen molar-refractivity contribution in [2.75, 3.05) is 18.9 Å². The number of benzene rings is 2. The van der Waals surface area contributed by atoms with Crippen LogP contribution in [-0.4, -0.2) is 96.7 Å². The molecule has 10 atom stereocenters. The molecule has 12 rings (SSSR count). The van der Waals surface area contributed by atoms with Gasteiger partial charge in [-0.25, -0.2) is 0 Å². The Bertz CT molecular complexity index is 2270. The van der Waals surface area contributed by atoms with Gasteiger partial charge in [-0.1, -0.05) is 82.6 Å². The van der Waals surface area contributed by atoms with Gasteiger partial charge in [0.25, 0.3) is 0 Å². The van der Waals surface area contributed by atoms with Gasteiger partial charge in [0.05, 0.1) is 30.1 Å². The SMILES string of the molecule is O=C1c2cccc3c2C(=O)[C@]2(CSS[C@@H]4CC5=C[C@H]6CCC[C@@]6(C[C@]6(O)[C@H](O)[C@@H](CO)O[C@@H](O3)[C@@H]6O)C3=CCNC(=C53)N4)C(O)=CC(Cc3cccc(CO)c3)=C[C@H]12. The summed E-state index contributed by atoms with van der Waals surface area (Å²) in [6, 6.07) is 12.0. The maximum atomic E-state index is 15.3. The predicted molar refractivity (Wildman–Crippen MR) is 216 cm³/mol. The van der Waals surface area contributed by atoms with Crippen LogP contribution < -0.4 is 15.4 Å². The monoisotopic (exact) mass is 826 g/mol. The van der Waals surface area contributed by atoms with Crippen LogP contribution in [0.25, 0.3) is 0 Å². The van der Waals surface area contributed by atoms with Gasteiger partial charge in [-0.15, -0.1) is 0 Å². The topological polar surface area (TPSA) is 198 Å². The van der Waals surface area contributed by atoms with E-state index in [0.717, 1.165) is 46.5 Å². The van der Waals surface area contributed by atoms with Crippen molar-refractivity contribution in [2.45, 2.75) is 80.7 Å². The summed E-state index contributed by atoms with van der Waals surface area (Å²) in [5, 5.41) is 76.1. The number of aliphatic hydroxyl groups excluding tert-OH is 5. The maximum Gasteiger partial charge on any atom is 0.229 e. The second-order valence-electron chi connectivity index (χ2n) is 16.9. The summed E-state index contributed by atoms with van der Waals surface area (Å²) >= 11 is 0. The summed E-state index contributed by atoms with van der Waals surface area (Å²) in [6.45, 7) is -0.290. The number of rotatable bonds is 4. The Labute approximate surface area is 343 Å². The second kappa shape index (κ2) is 14.1. The number of carbonyl (C=O) groups excluding carboxylic acids is 2. The molecule has 10 aliphatic rings. The van der Waals surface area contributed by atoms with Crippen LogP contribution in [-0.2, 0) is 17.8 Å². The molecule has 8 N–H and O–H groups in total. The molecule has 14 heteroatoms. The fraction of sp³-hybridized carbons (Fsp3) is 0.455.